The number of hydrogen-bond donors (Lipinski definition) is 2. The van der Waals surface area contributed by atoms with Crippen LogP contribution in [0.5, 0.6) is 0 Å². The molecule has 138 valence electrons. The molecule has 0 radical (unpaired) electrons. The van der Waals surface area contributed by atoms with Crippen LogP contribution in [0.3, 0.4) is 0 Å². The van der Waals surface area contributed by atoms with Crippen molar-refractivity contribution in [3.63, 3.8) is 0 Å². The summed E-state index contributed by atoms with van der Waals surface area (Å²) in [6.45, 7) is 0. The minimum absolute atomic E-state index is 0.0287. The van der Waals surface area contributed by atoms with Crippen molar-refractivity contribution in [2.45, 2.75) is 12.4 Å². The van der Waals surface area contributed by atoms with Gasteiger partial charge >= 0.3 is 12.4 Å². The molecule has 0 saturated heterocycles. The highest BCUT2D eigenvalue weighted by Crippen LogP contribution is 2.37. The van der Waals surface area contributed by atoms with Crippen molar-refractivity contribution < 1.29 is 26.3 Å². The van der Waals surface area contributed by atoms with E-state index < -0.39 is 29.2 Å². The van der Waals surface area contributed by atoms with Gasteiger partial charge in [-0.1, -0.05) is 6.07 Å². The molecule has 0 spiro atoms. The van der Waals surface area contributed by atoms with Gasteiger partial charge in [0.1, 0.15) is 0 Å². The molecule has 0 saturated carbocycles. The Balaban J connectivity index is 2.14. The predicted octanol–water partition coefficient (Wildman–Crippen LogP) is 4.44. The molecule has 11 heteroatoms. The van der Waals surface area contributed by atoms with E-state index in [4.69, 9.17) is 12.2 Å². The van der Waals surface area contributed by atoms with Gasteiger partial charge in [-0.15, -0.1) is 0 Å². The number of hydrogen-bond acceptors (Lipinski definition) is 3. The zero-order valence-electron chi connectivity index (χ0n) is 12.7. The van der Waals surface area contributed by atoms with E-state index in [1.807, 2.05) is 0 Å². The molecule has 0 fully saturated rings. The summed E-state index contributed by atoms with van der Waals surface area (Å²) in [5, 5.41) is 5.65. The Morgan fingerprint density at radius 3 is 2.12 bits per heavy atom. The topological polar surface area (TPSA) is 49.3 Å². The third-order valence-corrected chi connectivity index (χ3v) is 3.09. The van der Waals surface area contributed by atoms with Gasteiger partial charge in [0.2, 0.25) is 0 Å². The number of benzene rings is 1. The van der Waals surface area contributed by atoms with Crippen molar-refractivity contribution in [3.05, 3.63) is 59.4 Å². The Kier molecular flexibility index (Phi) is 5.80. The molecule has 1 aromatic carbocycles. The fourth-order valence-electron chi connectivity index (χ4n) is 1.80. The van der Waals surface area contributed by atoms with Crippen LogP contribution in [0.15, 0.2) is 47.7 Å². The summed E-state index contributed by atoms with van der Waals surface area (Å²) in [5.74, 6) is 0. The van der Waals surface area contributed by atoms with E-state index >= 15 is 0 Å². The molecule has 0 amide bonds. The minimum Gasteiger partial charge on any atom is -0.331 e. The number of halogens is 6. The number of nitrogens with zero attached hydrogens (tertiary/aromatic N) is 2. The second-order valence-corrected chi connectivity index (χ2v) is 5.28. The summed E-state index contributed by atoms with van der Waals surface area (Å²) in [6.07, 6.45) is -7.09. The van der Waals surface area contributed by atoms with E-state index in [-0.39, 0.29) is 11.2 Å². The molecule has 2 N–H and O–H groups in total. The molecule has 4 nitrogen and oxygen atoms in total. The Morgan fingerprint density at radius 1 is 1.00 bits per heavy atom. The molecule has 0 aliphatic rings. The largest absolute Gasteiger partial charge is 0.416 e. The first kappa shape index (κ1) is 19.6. The quantitative estimate of drug-likeness (QED) is 0.351. The van der Waals surface area contributed by atoms with E-state index in [1.165, 1.54) is 12.4 Å². The lowest BCUT2D eigenvalue weighted by molar-refractivity contribution is -0.143. The molecule has 2 aromatic rings. The van der Waals surface area contributed by atoms with Crippen LogP contribution in [-0.4, -0.2) is 16.3 Å². The average molecular weight is 392 g/mol. The van der Waals surface area contributed by atoms with E-state index in [0.717, 1.165) is 0 Å². The molecule has 0 aliphatic heterocycles. The first-order valence-electron chi connectivity index (χ1n) is 6.86. The van der Waals surface area contributed by atoms with Crippen molar-refractivity contribution in [2.75, 3.05) is 5.32 Å². The average Bonchev–Trinajstić information content (AvgIpc) is 2.54. The maximum absolute atomic E-state index is 12.8. The molecule has 2 rings (SSSR count). The van der Waals surface area contributed by atoms with Crippen LogP contribution >= 0.6 is 12.2 Å². The molecule has 1 heterocycles. The van der Waals surface area contributed by atoms with Gasteiger partial charge < -0.3 is 5.32 Å². The van der Waals surface area contributed by atoms with Crippen molar-refractivity contribution in [2.24, 2.45) is 5.10 Å². The summed E-state index contributed by atoms with van der Waals surface area (Å²) in [6, 6.07) is 6.08. The van der Waals surface area contributed by atoms with E-state index in [9.17, 15) is 26.3 Å². The lowest BCUT2D eigenvalue weighted by Gasteiger charge is -2.15. The minimum atomic E-state index is -4.94. The number of nitrogens with one attached hydrogen (secondary N) is 2. The van der Waals surface area contributed by atoms with Gasteiger partial charge in [-0.3, -0.25) is 10.4 Å². The molecule has 0 unspecified atom stereocenters. The third-order valence-electron chi connectivity index (χ3n) is 2.90. The summed E-state index contributed by atoms with van der Waals surface area (Å²) >= 11 is 4.81. The summed E-state index contributed by atoms with van der Waals surface area (Å²) in [4.78, 5) is 3.93. The van der Waals surface area contributed by atoms with Gasteiger partial charge in [0, 0.05) is 11.9 Å². The Labute approximate surface area is 148 Å². The maximum atomic E-state index is 12.8. The number of alkyl halides is 6. The van der Waals surface area contributed by atoms with E-state index in [0.29, 0.717) is 17.8 Å². The van der Waals surface area contributed by atoms with Gasteiger partial charge in [0.15, 0.2) is 5.11 Å². The highest BCUT2D eigenvalue weighted by atomic mass is 32.1. The molecule has 0 aliphatic carbocycles. The second kappa shape index (κ2) is 7.68. The van der Waals surface area contributed by atoms with Gasteiger partial charge in [-0.05, 0) is 42.5 Å². The normalized spacial score (nSPS) is 12.2. The number of pyridine rings is 1. The summed E-state index contributed by atoms with van der Waals surface area (Å²) in [7, 11) is 0. The van der Waals surface area contributed by atoms with Crippen LogP contribution < -0.4 is 10.7 Å². The molecule has 0 atom stereocenters. The van der Waals surface area contributed by atoms with E-state index in [1.54, 1.807) is 18.2 Å². The summed E-state index contributed by atoms with van der Waals surface area (Å²) < 4.78 is 76.7. The van der Waals surface area contributed by atoms with Crippen molar-refractivity contribution in [3.8, 4) is 0 Å². The lowest BCUT2D eigenvalue weighted by atomic mass is 10.1. The highest BCUT2D eigenvalue weighted by Gasteiger charge is 2.36. The number of anilines is 1. The van der Waals surface area contributed by atoms with Gasteiger partial charge in [-0.2, -0.15) is 31.4 Å². The fourth-order valence-corrected chi connectivity index (χ4v) is 1.97. The van der Waals surface area contributed by atoms with Crippen LogP contribution in [0.1, 0.15) is 16.8 Å². The zero-order valence-corrected chi connectivity index (χ0v) is 13.5. The molecular weight excluding hydrogens is 382 g/mol. The number of thiocarbonyl (C=S) groups is 1. The standard InChI is InChI=1S/C15H10F6N4S/c16-14(17,18)9-5-10(15(19,20)21)7-12(6-9)24-13(26)25-23-8-11-3-1-2-4-22-11/h1-8H,(H2,24,25,26)/b23-8+. The van der Waals surface area contributed by atoms with E-state index in [2.05, 4.69) is 20.8 Å². The van der Waals surface area contributed by atoms with Crippen LogP contribution in [-0.2, 0) is 12.4 Å². The van der Waals surface area contributed by atoms with Crippen molar-refractivity contribution in [1.82, 2.24) is 10.4 Å². The smallest absolute Gasteiger partial charge is 0.331 e. The van der Waals surface area contributed by atoms with Crippen molar-refractivity contribution in [1.29, 1.82) is 0 Å². The monoisotopic (exact) mass is 392 g/mol. The predicted molar refractivity (Wildman–Crippen MR) is 87.6 cm³/mol. The SMILES string of the molecule is FC(F)(F)c1cc(NC(=S)N/N=C/c2ccccn2)cc(C(F)(F)F)c1. The first-order chi connectivity index (χ1) is 12.1. The maximum Gasteiger partial charge on any atom is 0.416 e. The lowest BCUT2D eigenvalue weighted by Crippen LogP contribution is -2.24. The van der Waals surface area contributed by atoms with Gasteiger partial charge in [0.25, 0.3) is 0 Å². The van der Waals surface area contributed by atoms with Crippen LogP contribution in [0.2, 0.25) is 0 Å². The molecular formula is C15H10F6N4S. The third kappa shape index (κ3) is 5.69. The van der Waals surface area contributed by atoms with Gasteiger partial charge in [-0.25, -0.2) is 0 Å². The number of aromatic nitrogens is 1. The molecule has 1 aromatic heterocycles. The Morgan fingerprint density at radius 2 is 1.62 bits per heavy atom. The van der Waals surface area contributed by atoms with Crippen LogP contribution in [0.25, 0.3) is 0 Å². The summed E-state index contributed by atoms with van der Waals surface area (Å²) in [5.41, 5.74) is -0.617. The number of rotatable bonds is 3. The zero-order chi connectivity index (χ0) is 19.4. The Hall–Kier alpha value is -2.69. The highest BCUT2D eigenvalue weighted by molar-refractivity contribution is 7.80. The van der Waals surface area contributed by atoms with Crippen LogP contribution in [0.4, 0.5) is 32.0 Å². The molecule has 0 bridgehead atoms. The second-order valence-electron chi connectivity index (χ2n) is 4.87. The molecule has 26 heavy (non-hydrogen) atoms. The number of hydrazone groups is 1. The van der Waals surface area contributed by atoms with Gasteiger partial charge in [0.05, 0.1) is 23.0 Å². The fraction of sp³-hybridized carbons (Fsp3) is 0.133. The first-order valence-corrected chi connectivity index (χ1v) is 7.27. The van der Waals surface area contributed by atoms with Crippen molar-refractivity contribution >= 4 is 29.2 Å². The Bertz CT molecular complexity index is 770. The van der Waals surface area contributed by atoms with Crippen LogP contribution in [0, 0.1) is 0 Å².